The Bertz CT molecular complexity index is 2540. The Morgan fingerprint density at radius 1 is 0.352 bits per heavy atom. The van der Waals surface area contributed by atoms with Crippen LogP contribution in [0.25, 0.3) is 44.2 Å². The SMILES string of the molecule is N#Cc1oc2c(N(c3ccccc3)c3ccccc3)c3c(-c4ccccc4)c(C#N)oc3c(N(c3ccccc3)c3ccccc3)c2c1-c1ccccc1. The second kappa shape index (κ2) is 13.7. The zero-order valence-corrected chi connectivity index (χ0v) is 28.9. The highest BCUT2D eigenvalue weighted by Crippen LogP contribution is 2.57. The molecule has 6 heteroatoms. The second-order valence-electron chi connectivity index (χ2n) is 12.7. The predicted molar refractivity (Wildman–Crippen MR) is 216 cm³/mol. The number of rotatable bonds is 8. The molecule has 0 saturated carbocycles. The van der Waals surface area contributed by atoms with Crippen LogP contribution in [0.2, 0.25) is 0 Å². The average Bonchev–Trinajstić information content (AvgIpc) is 3.83. The largest absolute Gasteiger partial charge is 0.443 e. The van der Waals surface area contributed by atoms with Gasteiger partial charge in [-0.2, -0.15) is 10.5 Å². The van der Waals surface area contributed by atoms with Gasteiger partial charge in [-0.3, -0.25) is 0 Å². The minimum Gasteiger partial charge on any atom is -0.443 e. The van der Waals surface area contributed by atoms with Crippen molar-refractivity contribution < 1.29 is 8.83 Å². The lowest BCUT2D eigenvalue weighted by Gasteiger charge is -2.30. The van der Waals surface area contributed by atoms with Crippen molar-refractivity contribution >= 4 is 56.1 Å². The summed E-state index contributed by atoms with van der Waals surface area (Å²) in [5, 5.41) is 23.1. The summed E-state index contributed by atoms with van der Waals surface area (Å²) in [6.07, 6.45) is 0. The van der Waals surface area contributed by atoms with E-state index in [1.165, 1.54) is 0 Å². The van der Waals surface area contributed by atoms with Crippen molar-refractivity contribution in [2.75, 3.05) is 9.80 Å². The van der Waals surface area contributed by atoms with Gasteiger partial charge < -0.3 is 18.6 Å². The number of hydrogen-bond donors (Lipinski definition) is 0. The number of benzene rings is 7. The lowest BCUT2D eigenvalue weighted by Crippen LogP contribution is -2.14. The third-order valence-electron chi connectivity index (χ3n) is 9.55. The number of para-hydroxylation sites is 4. The van der Waals surface area contributed by atoms with Gasteiger partial charge in [0.1, 0.15) is 23.5 Å². The van der Waals surface area contributed by atoms with E-state index in [1.807, 2.05) is 182 Å². The van der Waals surface area contributed by atoms with Gasteiger partial charge in [0.05, 0.1) is 10.8 Å². The Hall–Kier alpha value is -7.80. The zero-order valence-electron chi connectivity index (χ0n) is 28.9. The first kappa shape index (κ1) is 32.1. The van der Waals surface area contributed by atoms with Crippen LogP contribution in [-0.4, -0.2) is 0 Å². The number of nitriles is 2. The summed E-state index contributed by atoms with van der Waals surface area (Å²) in [6, 6.07) is 64.6. The molecule has 0 unspecified atom stereocenters. The summed E-state index contributed by atoms with van der Waals surface area (Å²) >= 11 is 0. The van der Waals surface area contributed by atoms with Crippen molar-refractivity contribution in [3.63, 3.8) is 0 Å². The summed E-state index contributed by atoms with van der Waals surface area (Å²) in [6.45, 7) is 0. The van der Waals surface area contributed by atoms with Gasteiger partial charge >= 0.3 is 0 Å². The lowest BCUT2D eigenvalue weighted by atomic mass is 9.94. The molecule has 0 fully saturated rings. The first-order valence-corrected chi connectivity index (χ1v) is 17.6. The molecule has 254 valence electrons. The molecule has 54 heavy (non-hydrogen) atoms. The molecule has 9 aromatic rings. The van der Waals surface area contributed by atoms with Crippen LogP contribution in [0.3, 0.4) is 0 Å². The molecule has 2 aromatic heterocycles. The van der Waals surface area contributed by atoms with Gasteiger partial charge in [0, 0.05) is 33.9 Å². The van der Waals surface area contributed by atoms with Gasteiger partial charge in [0.2, 0.25) is 11.5 Å². The molecule has 9 rings (SSSR count). The predicted octanol–water partition coefficient (Wildman–Crippen LogP) is 13.2. The third kappa shape index (κ3) is 5.35. The summed E-state index contributed by atoms with van der Waals surface area (Å²) in [5.74, 6) is 0.325. The van der Waals surface area contributed by atoms with E-state index < -0.39 is 0 Å². The van der Waals surface area contributed by atoms with E-state index in [0.29, 0.717) is 44.4 Å². The summed E-state index contributed by atoms with van der Waals surface area (Å²) < 4.78 is 13.8. The third-order valence-corrected chi connectivity index (χ3v) is 9.55. The molecular formula is C48H30N4O2. The Kier molecular flexibility index (Phi) is 8.17. The van der Waals surface area contributed by atoms with Gasteiger partial charge in [-0.05, 0) is 59.7 Å². The molecule has 0 atom stereocenters. The Morgan fingerprint density at radius 2 is 0.611 bits per heavy atom. The Morgan fingerprint density at radius 3 is 0.870 bits per heavy atom. The normalized spacial score (nSPS) is 10.9. The molecule has 0 bridgehead atoms. The van der Waals surface area contributed by atoms with Gasteiger partial charge in [0.25, 0.3) is 0 Å². The monoisotopic (exact) mass is 694 g/mol. The quantitative estimate of drug-likeness (QED) is 0.147. The van der Waals surface area contributed by atoms with Crippen molar-refractivity contribution in [3.8, 4) is 34.4 Å². The van der Waals surface area contributed by atoms with Crippen molar-refractivity contribution in [2.24, 2.45) is 0 Å². The average molecular weight is 695 g/mol. The molecule has 2 heterocycles. The number of anilines is 6. The van der Waals surface area contributed by atoms with E-state index in [4.69, 9.17) is 8.83 Å². The second-order valence-corrected chi connectivity index (χ2v) is 12.7. The maximum atomic E-state index is 10.9. The molecule has 0 amide bonds. The summed E-state index contributed by atoms with van der Waals surface area (Å²) in [7, 11) is 0. The van der Waals surface area contributed by atoms with Crippen molar-refractivity contribution in [1.29, 1.82) is 10.5 Å². The lowest BCUT2D eigenvalue weighted by molar-refractivity contribution is 0.597. The fourth-order valence-corrected chi connectivity index (χ4v) is 7.34. The van der Waals surface area contributed by atoms with Crippen LogP contribution in [0.5, 0.6) is 0 Å². The topological polar surface area (TPSA) is 80.3 Å². The van der Waals surface area contributed by atoms with E-state index in [-0.39, 0.29) is 11.5 Å². The van der Waals surface area contributed by atoms with Crippen LogP contribution in [0.15, 0.2) is 191 Å². The van der Waals surface area contributed by atoms with Crippen LogP contribution >= 0.6 is 0 Å². The molecule has 0 aliphatic heterocycles. The number of fused-ring (bicyclic) bond motifs is 2. The highest BCUT2D eigenvalue weighted by Gasteiger charge is 2.36. The van der Waals surface area contributed by atoms with E-state index in [1.54, 1.807) is 0 Å². The highest BCUT2D eigenvalue weighted by molar-refractivity contribution is 6.27. The molecule has 0 radical (unpaired) electrons. The fraction of sp³-hybridized carbons (Fsp3) is 0. The van der Waals surface area contributed by atoms with Crippen molar-refractivity contribution in [1.82, 2.24) is 0 Å². The van der Waals surface area contributed by atoms with E-state index in [9.17, 15) is 10.5 Å². The van der Waals surface area contributed by atoms with Gasteiger partial charge in [-0.25, -0.2) is 0 Å². The van der Waals surface area contributed by atoms with Crippen LogP contribution in [-0.2, 0) is 0 Å². The molecule has 0 spiro atoms. The molecule has 7 aromatic carbocycles. The molecule has 0 N–H and O–H groups in total. The molecule has 0 aliphatic rings. The van der Waals surface area contributed by atoms with Crippen LogP contribution in [0, 0.1) is 22.7 Å². The first-order chi connectivity index (χ1) is 26.8. The Labute approximate surface area is 312 Å². The summed E-state index contributed by atoms with van der Waals surface area (Å²) in [5.41, 5.74) is 8.53. The smallest absolute Gasteiger partial charge is 0.212 e. The maximum Gasteiger partial charge on any atom is 0.212 e. The van der Waals surface area contributed by atoms with E-state index >= 15 is 0 Å². The standard InChI is InChI=1S/C48H30N4O2/c49-31-39-41(33-19-7-1-8-20-33)43-45(51(35-23-11-3-12-24-35)36-25-13-4-14-26-36)48-44(42(40(32-50)54-48)34-21-9-2-10-22-34)46(47(43)53-39)52(37-27-15-5-16-28-37)38-29-17-6-18-30-38/h1-30H. The van der Waals surface area contributed by atoms with Gasteiger partial charge in [-0.1, -0.05) is 133 Å². The number of hydrogen-bond acceptors (Lipinski definition) is 6. The molecular weight excluding hydrogens is 665 g/mol. The summed E-state index contributed by atoms with van der Waals surface area (Å²) in [4.78, 5) is 4.26. The highest BCUT2D eigenvalue weighted by atomic mass is 16.3. The van der Waals surface area contributed by atoms with Gasteiger partial charge in [0.15, 0.2) is 11.2 Å². The Balaban J connectivity index is 1.58. The molecule has 0 aliphatic carbocycles. The first-order valence-electron chi connectivity index (χ1n) is 17.6. The van der Waals surface area contributed by atoms with Crippen molar-refractivity contribution in [3.05, 3.63) is 194 Å². The fourth-order valence-electron chi connectivity index (χ4n) is 7.34. The molecule has 6 nitrogen and oxygen atoms in total. The van der Waals surface area contributed by atoms with E-state index in [0.717, 1.165) is 33.9 Å². The maximum absolute atomic E-state index is 10.9. The van der Waals surface area contributed by atoms with Crippen molar-refractivity contribution in [2.45, 2.75) is 0 Å². The minimum atomic E-state index is 0.162. The number of nitrogens with zero attached hydrogens (tertiary/aromatic N) is 4. The van der Waals surface area contributed by atoms with Gasteiger partial charge in [-0.15, -0.1) is 0 Å². The molecule has 0 saturated heterocycles. The number of furan rings is 2. The van der Waals surface area contributed by atoms with Crippen LogP contribution in [0.1, 0.15) is 11.5 Å². The van der Waals surface area contributed by atoms with E-state index in [2.05, 4.69) is 21.9 Å². The zero-order chi connectivity index (χ0) is 36.4. The van der Waals surface area contributed by atoms with Crippen LogP contribution < -0.4 is 9.80 Å². The van der Waals surface area contributed by atoms with Crippen LogP contribution in [0.4, 0.5) is 34.1 Å². The minimum absolute atomic E-state index is 0.162.